The zero-order chi connectivity index (χ0) is 15.5. The number of aliphatic imine (C=N–C) groups is 2. The van der Waals surface area contributed by atoms with Crippen LogP contribution in [-0.4, -0.2) is 29.0 Å². The van der Waals surface area contributed by atoms with Gasteiger partial charge in [0.15, 0.2) is 5.96 Å². The van der Waals surface area contributed by atoms with E-state index in [2.05, 4.69) is 9.98 Å². The molecule has 0 heterocycles. The van der Waals surface area contributed by atoms with E-state index in [4.69, 9.17) is 17.2 Å². The molecule has 108 valence electrons. The number of carbonyl (C=O) groups excluding carboxylic acids is 1. The number of halogens is 3. The second kappa shape index (κ2) is 5.47. The molecule has 0 saturated carbocycles. The first kappa shape index (κ1) is 15.3. The number of hydrogen-bond donors (Lipinski definition) is 4. The van der Waals surface area contributed by atoms with E-state index in [0.717, 1.165) is 12.1 Å². The summed E-state index contributed by atoms with van der Waals surface area (Å²) in [6, 6.07) is 3.15. The maximum absolute atomic E-state index is 12.4. The van der Waals surface area contributed by atoms with E-state index >= 15 is 0 Å². The van der Waals surface area contributed by atoms with Crippen LogP contribution in [0.25, 0.3) is 0 Å². The number of phenolic OH excluding ortho intramolecular Hbond substituents is 1. The van der Waals surface area contributed by atoms with Crippen molar-refractivity contribution in [1.82, 2.24) is 0 Å². The summed E-state index contributed by atoms with van der Waals surface area (Å²) in [6.45, 7) is 0. The molecular weight excluding hydrogens is 279 g/mol. The minimum absolute atomic E-state index is 0.463. The van der Waals surface area contributed by atoms with Crippen molar-refractivity contribution in [3.05, 3.63) is 23.8 Å². The fourth-order valence-corrected chi connectivity index (χ4v) is 1.28. The highest BCUT2D eigenvalue weighted by molar-refractivity contribution is 6.07. The predicted octanol–water partition coefficient (Wildman–Crippen LogP) is 0.357. The molecule has 0 bridgehead atoms. The molecule has 0 fully saturated rings. The van der Waals surface area contributed by atoms with Crippen LogP contribution >= 0.6 is 0 Å². The third-order valence-electron chi connectivity index (χ3n) is 1.98. The van der Waals surface area contributed by atoms with Crippen LogP contribution in [0.3, 0.4) is 0 Å². The van der Waals surface area contributed by atoms with Gasteiger partial charge in [0.1, 0.15) is 5.75 Å². The van der Waals surface area contributed by atoms with Crippen LogP contribution in [0.5, 0.6) is 5.75 Å². The Balaban J connectivity index is 3.40. The van der Waals surface area contributed by atoms with Gasteiger partial charge in [0.25, 0.3) is 5.78 Å². The van der Waals surface area contributed by atoms with E-state index < -0.39 is 40.9 Å². The SMILES string of the molecule is NC(N)=NC(N)=Nc1cccc(O)c1C(=O)C(F)(F)F. The summed E-state index contributed by atoms with van der Waals surface area (Å²) < 4.78 is 37.3. The molecule has 0 saturated heterocycles. The van der Waals surface area contributed by atoms with Gasteiger partial charge < -0.3 is 22.3 Å². The van der Waals surface area contributed by atoms with E-state index in [9.17, 15) is 23.1 Å². The number of ketones is 1. The van der Waals surface area contributed by atoms with E-state index in [1.54, 1.807) is 0 Å². The van der Waals surface area contributed by atoms with E-state index in [0.29, 0.717) is 0 Å². The fourth-order valence-electron chi connectivity index (χ4n) is 1.28. The minimum Gasteiger partial charge on any atom is -0.507 e. The molecule has 1 aromatic carbocycles. The number of aromatic hydroxyl groups is 1. The van der Waals surface area contributed by atoms with Crippen molar-refractivity contribution < 1.29 is 23.1 Å². The summed E-state index contributed by atoms with van der Waals surface area (Å²) in [5.41, 5.74) is 13.8. The lowest BCUT2D eigenvalue weighted by molar-refractivity contribution is -0.0886. The first-order valence-electron chi connectivity index (χ1n) is 5.00. The Bertz CT molecular complexity index is 591. The van der Waals surface area contributed by atoms with Crippen LogP contribution < -0.4 is 17.2 Å². The molecule has 0 atom stereocenters. The van der Waals surface area contributed by atoms with E-state index in [1.807, 2.05) is 0 Å². The normalized spacial score (nSPS) is 12.1. The van der Waals surface area contributed by atoms with Gasteiger partial charge in [0.2, 0.25) is 5.96 Å². The molecule has 1 aromatic rings. The maximum Gasteiger partial charge on any atom is 0.455 e. The van der Waals surface area contributed by atoms with Crippen molar-refractivity contribution in [3.8, 4) is 5.75 Å². The second-order valence-corrected chi connectivity index (χ2v) is 3.50. The van der Waals surface area contributed by atoms with Crippen LogP contribution in [0.4, 0.5) is 18.9 Å². The summed E-state index contributed by atoms with van der Waals surface area (Å²) in [5.74, 6) is -4.17. The molecule has 7 N–H and O–H groups in total. The molecule has 7 nitrogen and oxygen atoms in total. The molecule has 0 amide bonds. The molecule has 10 heteroatoms. The van der Waals surface area contributed by atoms with E-state index in [1.165, 1.54) is 6.07 Å². The summed E-state index contributed by atoms with van der Waals surface area (Å²) in [6.07, 6.45) is -5.17. The van der Waals surface area contributed by atoms with Gasteiger partial charge in [-0.25, -0.2) is 4.99 Å². The van der Waals surface area contributed by atoms with Gasteiger partial charge in [-0.05, 0) is 12.1 Å². The Morgan fingerprint density at radius 2 is 1.80 bits per heavy atom. The zero-order valence-electron chi connectivity index (χ0n) is 9.85. The molecule has 0 aliphatic rings. The molecule has 20 heavy (non-hydrogen) atoms. The van der Waals surface area contributed by atoms with Crippen molar-refractivity contribution in [2.24, 2.45) is 27.2 Å². The molecule has 1 rings (SSSR count). The number of alkyl halides is 3. The van der Waals surface area contributed by atoms with Crippen LogP contribution in [-0.2, 0) is 0 Å². The average molecular weight is 289 g/mol. The lowest BCUT2D eigenvalue weighted by Gasteiger charge is -2.09. The molecule has 0 aliphatic carbocycles. The number of rotatable bonds is 2. The van der Waals surface area contributed by atoms with Crippen LogP contribution in [0.2, 0.25) is 0 Å². The highest BCUT2D eigenvalue weighted by Crippen LogP contribution is 2.33. The van der Waals surface area contributed by atoms with Crippen LogP contribution in [0, 0.1) is 0 Å². The quantitative estimate of drug-likeness (QED) is 0.353. The first-order chi connectivity index (χ1) is 9.12. The van der Waals surface area contributed by atoms with Crippen LogP contribution in [0.15, 0.2) is 28.2 Å². The Labute approximate surface area is 110 Å². The average Bonchev–Trinajstić information content (AvgIpc) is 2.25. The number of nitrogens with zero attached hydrogens (tertiary/aromatic N) is 2. The summed E-state index contributed by atoms with van der Waals surface area (Å²) in [5, 5.41) is 9.40. The fraction of sp³-hybridized carbons (Fsp3) is 0.100. The predicted molar refractivity (Wildman–Crippen MR) is 65.6 cm³/mol. The van der Waals surface area contributed by atoms with Gasteiger partial charge in [-0.15, -0.1) is 0 Å². The topological polar surface area (TPSA) is 140 Å². The van der Waals surface area contributed by atoms with Crippen molar-refractivity contribution in [2.45, 2.75) is 6.18 Å². The number of hydrogen-bond acceptors (Lipinski definition) is 3. The number of carbonyl (C=O) groups is 1. The number of guanidine groups is 2. The Kier molecular flexibility index (Phi) is 4.17. The molecular formula is C10H10F3N5O2. The zero-order valence-corrected chi connectivity index (χ0v) is 9.85. The molecule has 0 spiro atoms. The third-order valence-corrected chi connectivity index (χ3v) is 1.98. The number of benzene rings is 1. The van der Waals surface area contributed by atoms with Crippen molar-refractivity contribution >= 4 is 23.4 Å². The maximum atomic E-state index is 12.4. The Morgan fingerprint density at radius 3 is 2.30 bits per heavy atom. The molecule has 0 aromatic heterocycles. The third kappa shape index (κ3) is 3.60. The minimum atomic E-state index is -5.17. The number of Topliss-reactive ketones (excluding diaryl/α,β-unsaturated/α-hetero) is 1. The van der Waals surface area contributed by atoms with Crippen molar-refractivity contribution in [2.75, 3.05) is 0 Å². The second-order valence-electron chi connectivity index (χ2n) is 3.50. The van der Waals surface area contributed by atoms with Gasteiger partial charge in [-0.2, -0.15) is 18.2 Å². The highest BCUT2D eigenvalue weighted by Gasteiger charge is 2.42. The highest BCUT2D eigenvalue weighted by atomic mass is 19.4. The van der Waals surface area contributed by atoms with Gasteiger partial charge in [-0.3, -0.25) is 4.79 Å². The van der Waals surface area contributed by atoms with Crippen molar-refractivity contribution in [3.63, 3.8) is 0 Å². The lowest BCUT2D eigenvalue weighted by atomic mass is 10.1. The monoisotopic (exact) mass is 289 g/mol. The smallest absolute Gasteiger partial charge is 0.455 e. The van der Waals surface area contributed by atoms with Gasteiger partial charge in [-0.1, -0.05) is 6.07 Å². The first-order valence-corrected chi connectivity index (χ1v) is 5.00. The van der Waals surface area contributed by atoms with Gasteiger partial charge >= 0.3 is 6.18 Å². The van der Waals surface area contributed by atoms with Crippen LogP contribution in [0.1, 0.15) is 10.4 Å². The number of phenols is 1. The molecule has 0 radical (unpaired) electrons. The lowest BCUT2D eigenvalue weighted by Crippen LogP contribution is -2.26. The molecule has 0 unspecified atom stereocenters. The summed E-state index contributed by atoms with van der Waals surface area (Å²) in [4.78, 5) is 18.0. The molecule has 0 aliphatic heterocycles. The number of nitrogens with two attached hydrogens (primary N) is 3. The summed E-state index contributed by atoms with van der Waals surface area (Å²) >= 11 is 0. The Morgan fingerprint density at radius 1 is 1.20 bits per heavy atom. The van der Waals surface area contributed by atoms with Gasteiger partial charge in [0, 0.05) is 0 Å². The van der Waals surface area contributed by atoms with E-state index in [-0.39, 0.29) is 0 Å². The van der Waals surface area contributed by atoms with Crippen molar-refractivity contribution in [1.29, 1.82) is 0 Å². The largest absolute Gasteiger partial charge is 0.507 e. The Hall–Kier alpha value is -2.78. The standard InChI is InChI=1S/C10H10F3N5O2/c11-10(12,13)7(20)6-4(2-1-3-5(6)19)17-9(16)18-8(14)15/h1-3,19H,(H6,14,15,16,17,18). The summed E-state index contributed by atoms with van der Waals surface area (Å²) in [7, 11) is 0. The van der Waals surface area contributed by atoms with Gasteiger partial charge in [0.05, 0.1) is 11.3 Å².